The molecule has 2 atom stereocenters. The summed E-state index contributed by atoms with van der Waals surface area (Å²) in [6.45, 7) is 2.30. The molecule has 1 heterocycles. The highest BCUT2D eigenvalue weighted by molar-refractivity contribution is 8.20. The lowest BCUT2D eigenvalue weighted by molar-refractivity contribution is -0.765. The topological polar surface area (TPSA) is 0 Å². The van der Waals surface area contributed by atoms with Gasteiger partial charge in [0.1, 0.15) is 27.9 Å². The van der Waals surface area contributed by atoms with Crippen LogP contribution in [0.3, 0.4) is 0 Å². The van der Waals surface area contributed by atoms with Gasteiger partial charge in [-0.2, -0.15) is 0 Å². The van der Waals surface area contributed by atoms with Gasteiger partial charge < -0.3 is 0 Å². The van der Waals surface area contributed by atoms with Gasteiger partial charge in [-0.3, -0.25) is 0 Å². The van der Waals surface area contributed by atoms with Crippen molar-refractivity contribution in [1.82, 2.24) is 0 Å². The maximum atomic E-state index is 6.00. The van der Waals surface area contributed by atoms with Gasteiger partial charge in [-0.15, -0.1) is 0 Å². The zero-order valence-electron chi connectivity index (χ0n) is 11.9. The molecule has 3 rings (SSSR count). The Bertz CT molecular complexity index is 579. The van der Waals surface area contributed by atoms with Crippen molar-refractivity contribution in [3.8, 4) is 0 Å². The Kier molecular flexibility index (Phi) is 3.97. The van der Waals surface area contributed by atoms with E-state index in [-0.39, 0.29) is 0 Å². The summed E-state index contributed by atoms with van der Waals surface area (Å²) in [5, 5.41) is 0.797. The molecule has 106 valence electrons. The van der Waals surface area contributed by atoms with Crippen molar-refractivity contribution in [2.24, 2.45) is 0 Å². The lowest BCUT2D eigenvalue weighted by Crippen LogP contribution is -2.36. The van der Waals surface area contributed by atoms with E-state index in [1.807, 2.05) is 24.1 Å². The minimum absolute atomic E-state index is 0.390. The second kappa shape index (κ2) is 5.45. The van der Waals surface area contributed by atoms with Gasteiger partial charge in [-0.1, -0.05) is 36.0 Å². The van der Waals surface area contributed by atoms with Gasteiger partial charge in [0.15, 0.2) is 0 Å². The zero-order valence-corrected chi connectivity index (χ0v) is 14.2. The monoisotopic (exact) mass is 324 g/mol. The molecule has 0 spiro atoms. The smallest absolute Gasteiger partial charge is 0.138 e. The molecule has 0 saturated heterocycles. The molecule has 2 aliphatic rings. The Morgan fingerprint density at radius 1 is 1.20 bits per heavy atom. The third-order valence-corrected chi connectivity index (χ3v) is 6.64. The summed E-state index contributed by atoms with van der Waals surface area (Å²) in [5.41, 5.74) is 4.33. The fourth-order valence-corrected chi connectivity index (χ4v) is 5.30. The number of hydrogen-bond acceptors (Lipinski definition) is 2. The van der Waals surface area contributed by atoms with Gasteiger partial charge in [0.2, 0.25) is 0 Å². The first-order valence-corrected chi connectivity index (χ1v) is 8.66. The summed E-state index contributed by atoms with van der Waals surface area (Å²) in [4.78, 5) is 0. The molecular weight excluding hydrogens is 306 g/mol. The standard InChI is InChI=1S/C16H19ClNS2/c1-11(12-7-9-13(17)10-8-12)18(2)15-6-4-3-5-14(15)16(19)20-18/h7-11H,3-6H2,1-2H3/q+1/t11-,18-/m1/s1. The van der Waals surface area contributed by atoms with Gasteiger partial charge in [-0.05, 0) is 38.3 Å². The van der Waals surface area contributed by atoms with Gasteiger partial charge in [0.25, 0.3) is 0 Å². The van der Waals surface area contributed by atoms with Gasteiger partial charge in [0, 0.05) is 22.6 Å². The van der Waals surface area contributed by atoms with Gasteiger partial charge in [-0.25, -0.2) is 3.89 Å². The summed E-state index contributed by atoms with van der Waals surface area (Å²) in [6, 6.07) is 8.63. The second-order valence-electron chi connectivity index (χ2n) is 5.73. The van der Waals surface area contributed by atoms with Crippen molar-refractivity contribution in [2.45, 2.75) is 38.6 Å². The SMILES string of the molecule is C[C@H](c1ccc(Cl)cc1)[N@@+]1(C)SC(=S)C2=C1CCCC2. The molecule has 1 aliphatic carbocycles. The van der Waals surface area contributed by atoms with Crippen molar-refractivity contribution < 1.29 is 3.89 Å². The molecule has 1 aliphatic heterocycles. The highest BCUT2D eigenvalue weighted by atomic mass is 35.5. The van der Waals surface area contributed by atoms with Gasteiger partial charge >= 0.3 is 0 Å². The van der Waals surface area contributed by atoms with Crippen LogP contribution in [0.25, 0.3) is 0 Å². The normalized spacial score (nSPS) is 27.6. The molecule has 1 nitrogen and oxygen atoms in total. The molecule has 0 N–H and O–H groups in total. The molecule has 0 unspecified atom stereocenters. The van der Waals surface area contributed by atoms with Crippen molar-refractivity contribution in [3.63, 3.8) is 0 Å². The van der Waals surface area contributed by atoms with Crippen LogP contribution in [0, 0.1) is 0 Å². The van der Waals surface area contributed by atoms with Crippen molar-refractivity contribution in [1.29, 1.82) is 0 Å². The van der Waals surface area contributed by atoms with E-state index < -0.39 is 0 Å². The van der Waals surface area contributed by atoms with Crippen LogP contribution in [0.5, 0.6) is 0 Å². The summed E-state index contributed by atoms with van der Waals surface area (Å²) < 4.78 is 2.00. The van der Waals surface area contributed by atoms with Crippen LogP contribution in [-0.4, -0.2) is 15.1 Å². The number of halogens is 1. The number of benzene rings is 1. The molecule has 0 fully saturated rings. The average Bonchev–Trinajstić information content (AvgIpc) is 2.72. The maximum absolute atomic E-state index is 6.00. The summed E-state index contributed by atoms with van der Waals surface area (Å²) in [6.07, 6.45) is 4.94. The first-order chi connectivity index (χ1) is 9.52. The second-order valence-corrected chi connectivity index (χ2v) is 8.18. The Balaban J connectivity index is 1.98. The number of hydrogen-bond donors (Lipinski definition) is 0. The summed E-state index contributed by atoms with van der Waals surface area (Å²) in [5.74, 6) is 0. The molecule has 0 saturated carbocycles. The van der Waals surface area contributed by atoms with E-state index in [4.69, 9.17) is 23.8 Å². The number of allylic oxidation sites excluding steroid dienone is 1. The zero-order chi connectivity index (χ0) is 14.3. The highest BCUT2D eigenvalue weighted by Crippen LogP contribution is 2.52. The van der Waals surface area contributed by atoms with Crippen LogP contribution in [0.4, 0.5) is 0 Å². The molecule has 1 aromatic carbocycles. The predicted octanol–water partition coefficient (Wildman–Crippen LogP) is 5.66. The van der Waals surface area contributed by atoms with Gasteiger partial charge in [0.05, 0.1) is 7.05 Å². The molecule has 0 aromatic heterocycles. The lowest BCUT2D eigenvalue weighted by atomic mass is 9.95. The third-order valence-electron chi connectivity index (χ3n) is 4.59. The largest absolute Gasteiger partial charge is 0.224 e. The minimum atomic E-state index is 0.390. The lowest BCUT2D eigenvalue weighted by Gasteiger charge is -2.36. The van der Waals surface area contributed by atoms with Crippen molar-refractivity contribution in [3.05, 3.63) is 46.1 Å². The molecule has 1 aromatic rings. The van der Waals surface area contributed by atoms with Crippen molar-refractivity contribution in [2.75, 3.05) is 7.05 Å². The van der Waals surface area contributed by atoms with Crippen LogP contribution >= 0.6 is 35.8 Å². The van der Waals surface area contributed by atoms with Crippen LogP contribution in [0.15, 0.2) is 35.5 Å². The first kappa shape index (κ1) is 14.6. The van der Waals surface area contributed by atoms with Crippen LogP contribution < -0.4 is 0 Å². The first-order valence-electron chi connectivity index (χ1n) is 7.10. The Morgan fingerprint density at radius 2 is 1.85 bits per heavy atom. The third kappa shape index (κ3) is 2.35. The van der Waals surface area contributed by atoms with E-state index in [1.165, 1.54) is 36.8 Å². The highest BCUT2D eigenvalue weighted by Gasteiger charge is 2.47. The van der Waals surface area contributed by atoms with E-state index in [0.29, 0.717) is 6.04 Å². The molecule has 20 heavy (non-hydrogen) atoms. The van der Waals surface area contributed by atoms with Crippen LogP contribution in [0.1, 0.15) is 44.2 Å². The molecule has 0 radical (unpaired) electrons. The summed E-state index contributed by atoms with van der Waals surface area (Å²) >= 11 is 13.5. The van der Waals surface area contributed by atoms with E-state index in [2.05, 4.69) is 26.1 Å². The molecule has 0 amide bonds. The minimum Gasteiger partial charge on any atom is -0.224 e. The van der Waals surface area contributed by atoms with E-state index >= 15 is 0 Å². The Morgan fingerprint density at radius 3 is 2.55 bits per heavy atom. The van der Waals surface area contributed by atoms with E-state index in [1.54, 1.807) is 5.70 Å². The number of thiocarbonyl (C=S) groups is 1. The number of rotatable bonds is 2. The Labute approximate surface area is 135 Å². The average molecular weight is 325 g/mol. The Hall–Kier alpha value is -0.350. The van der Waals surface area contributed by atoms with E-state index in [0.717, 1.165) is 13.1 Å². The van der Waals surface area contributed by atoms with Crippen LogP contribution in [-0.2, 0) is 0 Å². The molecular formula is C16H19ClNS2+. The molecule has 4 heteroatoms. The maximum Gasteiger partial charge on any atom is 0.138 e. The van der Waals surface area contributed by atoms with Crippen molar-refractivity contribution >= 4 is 40.0 Å². The number of quaternary nitrogens is 1. The van der Waals surface area contributed by atoms with E-state index in [9.17, 15) is 0 Å². The fourth-order valence-electron chi connectivity index (χ4n) is 3.22. The fraction of sp³-hybridized carbons (Fsp3) is 0.438. The molecule has 0 bridgehead atoms. The quantitative estimate of drug-likeness (QED) is 0.391. The summed E-state index contributed by atoms with van der Waals surface area (Å²) in [7, 11) is 2.31. The van der Waals surface area contributed by atoms with Crippen LogP contribution in [0.2, 0.25) is 5.02 Å². The number of nitrogens with zero attached hydrogens (tertiary/aromatic N) is 1. The predicted molar refractivity (Wildman–Crippen MR) is 91.7 cm³/mol.